The van der Waals surface area contributed by atoms with Crippen molar-refractivity contribution in [3.63, 3.8) is 0 Å². The van der Waals surface area contributed by atoms with Crippen LogP contribution < -0.4 is 10.4 Å². The summed E-state index contributed by atoms with van der Waals surface area (Å²) in [5.74, 6) is -3.06. The molecule has 1 aromatic carbocycles. The number of carbonyl (C=O) groups excluding carboxylic acids is 2. The van der Waals surface area contributed by atoms with Gasteiger partial charge in [0, 0.05) is 22.8 Å². The Morgan fingerprint density at radius 1 is 1.16 bits per heavy atom. The summed E-state index contributed by atoms with van der Waals surface area (Å²) in [6.07, 6.45) is 4.24. The highest BCUT2D eigenvalue weighted by molar-refractivity contribution is 7.14. The first-order valence-electron chi connectivity index (χ1n) is 7.53. The second-order valence-corrected chi connectivity index (χ2v) is 7.30. The molecular weight excluding hydrogens is 383 g/mol. The summed E-state index contributed by atoms with van der Waals surface area (Å²) < 4.78 is 0. The number of carbonyl (C=O) groups is 2. The number of nitrogens with zero attached hydrogens (tertiary/aromatic N) is 1. The molecular formula is C17H13Cl2N2O3S-. The fraction of sp³-hybridized carbons (Fsp3) is 0.235. The molecule has 130 valence electrons. The van der Waals surface area contributed by atoms with Crippen LogP contribution in [0.2, 0.25) is 10.0 Å². The number of amides is 1. The molecule has 3 rings (SSSR count). The number of benzene rings is 1. The standard InChI is InChI=1S/C17H14Cl2N2O3S/c18-12-6-5-9(7-13(12)19)14-8-25-17(20-14)21-15(22)10-3-1-2-4-11(10)16(23)24/h1-2,5-8,10-11H,3-4H2,(H,23,24)(H,20,21,22)/p-1/t10-,11-/m1/s1. The highest BCUT2D eigenvalue weighted by Gasteiger charge is 2.30. The van der Waals surface area contributed by atoms with E-state index < -0.39 is 17.8 Å². The van der Waals surface area contributed by atoms with Gasteiger partial charge in [0.25, 0.3) is 0 Å². The summed E-state index contributed by atoms with van der Waals surface area (Å²) in [6, 6.07) is 5.16. The molecule has 0 bridgehead atoms. The molecule has 8 heteroatoms. The number of nitrogens with one attached hydrogen (secondary N) is 1. The van der Waals surface area contributed by atoms with Gasteiger partial charge in [-0.05, 0) is 25.0 Å². The maximum Gasteiger partial charge on any atom is 0.230 e. The predicted molar refractivity (Wildman–Crippen MR) is 96.6 cm³/mol. The molecule has 0 saturated carbocycles. The Morgan fingerprint density at radius 2 is 1.88 bits per heavy atom. The zero-order valence-electron chi connectivity index (χ0n) is 12.9. The minimum Gasteiger partial charge on any atom is -0.550 e. The molecule has 0 saturated heterocycles. The van der Waals surface area contributed by atoms with E-state index in [4.69, 9.17) is 23.2 Å². The summed E-state index contributed by atoms with van der Waals surface area (Å²) in [5, 5.41) is 17.0. The second kappa shape index (κ2) is 7.56. The summed E-state index contributed by atoms with van der Waals surface area (Å²) in [6.45, 7) is 0. The van der Waals surface area contributed by atoms with E-state index in [2.05, 4.69) is 10.3 Å². The van der Waals surface area contributed by atoms with Gasteiger partial charge in [-0.15, -0.1) is 11.3 Å². The van der Waals surface area contributed by atoms with Gasteiger partial charge in [0.1, 0.15) is 0 Å². The number of aromatic nitrogens is 1. The number of anilines is 1. The Labute approximate surface area is 158 Å². The third-order valence-corrected chi connectivity index (χ3v) is 5.52. The second-order valence-electron chi connectivity index (χ2n) is 5.63. The Morgan fingerprint density at radius 3 is 2.56 bits per heavy atom. The van der Waals surface area contributed by atoms with E-state index in [0.717, 1.165) is 5.56 Å². The van der Waals surface area contributed by atoms with Gasteiger partial charge in [-0.2, -0.15) is 0 Å². The highest BCUT2D eigenvalue weighted by atomic mass is 35.5. The molecule has 0 spiro atoms. The molecule has 25 heavy (non-hydrogen) atoms. The van der Waals surface area contributed by atoms with Gasteiger partial charge >= 0.3 is 0 Å². The first-order valence-corrected chi connectivity index (χ1v) is 9.17. The number of rotatable bonds is 4. The fourth-order valence-electron chi connectivity index (χ4n) is 2.68. The van der Waals surface area contributed by atoms with Crippen LogP contribution in [0.1, 0.15) is 12.8 Å². The van der Waals surface area contributed by atoms with E-state index in [1.165, 1.54) is 11.3 Å². The Balaban J connectivity index is 1.74. The topological polar surface area (TPSA) is 82.1 Å². The fourth-order valence-corrected chi connectivity index (χ4v) is 3.70. The van der Waals surface area contributed by atoms with Crippen molar-refractivity contribution in [2.75, 3.05) is 5.32 Å². The summed E-state index contributed by atoms with van der Waals surface area (Å²) in [4.78, 5) is 28.0. The zero-order chi connectivity index (χ0) is 18.0. The molecule has 5 nitrogen and oxygen atoms in total. The van der Waals surface area contributed by atoms with Gasteiger partial charge < -0.3 is 15.2 Å². The number of aliphatic carboxylic acids is 1. The van der Waals surface area contributed by atoms with Crippen molar-refractivity contribution >= 4 is 51.5 Å². The number of carboxylic acid groups (broad SMARTS) is 1. The minimum absolute atomic E-state index is 0.298. The van der Waals surface area contributed by atoms with Crippen LogP contribution in [-0.4, -0.2) is 16.9 Å². The normalized spacial score (nSPS) is 19.6. The maximum atomic E-state index is 12.4. The van der Waals surface area contributed by atoms with Crippen LogP contribution in [0.3, 0.4) is 0 Å². The van der Waals surface area contributed by atoms with E-state index in [1.54, 1.807) is 29.7 Å². The maximum absolute atomic E-state index is 12.4. The lowest BCUT2D eigenvalue weighted by atomic mass is 9.82. The van der Waals surface area contributed by atoms with Gasteiger partial charge in [-0.25, -0.2) is 4.98 Å². The number of allylic oxidation sites excluding steroid dienone is 2. The van der Waals surface area contributed by atoms with Gasteiger partial charge in [0.2, 0.25) is 5.91 Å². The summed E-state index contributed by atoms with van der Waals surface area (Å²) in [5.41, 5.74) is 1.43. The molecule has 0 radical (unpaired) electrons. The Kier molecular flexibility index (Phi) is 5.42. The lowest BCUT2D eigenvalue weighted by Crippen LogP contribution is -2.41. The van der Waals surface area contributed by atoms with Crippen molar-refractivity contribution in [3.05, 3.63) is 45.8 Å². The van der Waals surface area contributed by atoms with Crippen molar-refractivity contribution in [1.82, 2.24) is 4.98 Å². The quantitative estimate of drug-likeness (QED) is 0.804. The van der Waals surface area contributed by atoms with Crippen molar-refractivity contribution in [3.8, 4) is 11.3 Å². The summed E-state index contributed by atoms with van der Waals surface area (Å²) in [7, 11) is 0. The number of hydrogen-bond acceptors (Lipinski definition) is 5. The molecule has 2 aromatic rings. The van der Waals surface area contributed by atoms with Crippen LogP contribution >= 0.6 is 34.5 Å². The average Bonchev–Trinajstić information content (AvgIpc) is 3.05. The van der Waals surface area contributed by atoms with Crippen molar-refractivity contribution in [1.29, 1.82) is 0 Å². The molecule has 1 aromatic heterocycles. The van der Waals surface area contributed by atoms with E-state index >= 15 is 0 Å². The number of carboxylic acids is 1. The monoisotopic (exact) mass is 395 g/mol. The molecule has 2 atom stereocenters. The number of hydrogen-bond donors (Lipinski definition) is 1. The van der Waals surface area contributed by atoms with Crippen molar-refractivity contribution in [2.24, 2.45) is 11.8 Å². The molecule has 1 aliphatic rings. The lowest BCUT2D eigenvalue weighted by molar-refractivity contribution is -0.313. The molecule has 0 fully saturated rings. The predicted octanol–water partition coefficient (Wildman–Crippen LogP) is 3.39. The first-order chi connectivity index (χ1) is 12.0. The number of halogens is 2. The third kappa shape index (κ3) is 4.03. The van der Waals surface area contributed by atoms with Crippen LogP contribution in [0.4, 0.5) is 5.13 Å². The third-order valence-electron chi connectivity index (χ3n) is 4.02. The number of thiazole rings is 1. The Hall–Kier alpha value is -1.89. The molecule has 1 amide bonds. The van der Waals surface area contributed by atoms with Crippen molar-refractivity contribution < 1.29 is 14.7 Å². The molecule has 1 N–H and O–H groups in total. The average molecular weight is 396 g/mol. The molecule has 1 heterocycles. The van der Waals surface area contributed by atoms with Crippen molar-refractivity contribution in [2.45, 2.75) is 12.8 Å². The smallest absolute Gasteiger partial charge is 0.230 e. The van der Waals surface area contributed by atoms with Gasteiger partial charge in [-0.3, -0.25) is 4.79 Å². The zero-order valence-corrected chi connectivity index (χ0v) is 15.2. The van der Waals surface area contributed by atoms with E-state index in [9.17, 15) is 14.7 Å². The van der Waals surface area contributed by atoms with E-state index in [1.807, 2.05) is 6.08 Å². The van der Waals surface area contributed by atoms with Crippen LogP contribution in [0.15, 0.2) is 35.7 Å². The molecule has 0 unspecified atom stereocenters. The van der Waals surface area contributed by atoms with E-state index in [-0.39, 0.29) is 5.91 Å². The largest absolute Gasteiger partial charge is 0.550 e. The van der Waals surface area contributed by atoms with Crippen LogP contribution in [-0.2, 0) is 9.59 Å². The van der Waals surface area contributed by atoms with Gasteiger partial charge in [0.05, 0.1) is 21.7 Å². The van der Waals surface area contributed by atoms with Gasteiger partial charge in [0.15, 0.2) is 5.13 Å². The van der Waals surface area contributed by atoms with Crippen LogP contribution in [0.5, 0.6) is 0 Å². The molecule has 0 aliphatic heterocycles. The van der Waals surface area contributed by atoms with Gasteiger partial charge in [-0.1, -0.05) is 41.4 Å². The first kappa shape index (κ1) is 17.9. The molecule has 1 aliphatic carbocycles. The minimum atomic E-state index is -1.21. The van der Waals surface area contributed by atoms with Crippen LogP contribution in [0, 0.1) is 11.8 Å². The lowest BCUT2D eigenvalue weighted by Gasteiger charge is -2.27. The highest BCUT2D eigenvalue weighted by Crippen LogP contribution is 2.31. The SMILES string of the molecule is O=C([O-])[C@@H]1CC=CC[C@H]1C(=O)Nc1nc(-c2ccc(Cl)c(Cl)c2)cs1. The Bertz CT molecular complexity index is 850. The van der Waals surface area contributed by atoms with Crippen LogP contribution in [0.25, 0.3) is 11.3 Å². The van der Waals surface area contributed by atoms with E-state index in [0.29, 0.717) is 33.7 Å². The summed E-state index contributed by atoms with van der Waals surface area (Å²) >= 11 is 13.2.